The second kappa shape index (κ2) is 9.06. The van der Waals surface area contributed by atoms with Crippen molar-refractivity contribution in [2.75, 3.05) is 27.3 Å². The van der Waals surface area contributed by atoms with E-state index in [0.717, 1.165) is 28.7 Å². The summed E-state index contributed by atoms with van der Waals surface area (Å²) in [4.78, 5) is 14.6. The van der Waals surface area contributed by atoms with Crippen LogP contribution in [0.3, 0.4) is 0 Å². The molecule has 1 heterocycles. The summed E-state index contributed by atoms with van der Waals surface area (Å²) in [5.41, 5.74) is 4.09. The lowest BCUT2D eigenvalue weighted by Gasteiger charge is -2.29. The third kappa shape index (κ3) is 4.76. The van der Waals surface area contributed by atoms with Crippen molar-refractivity contribution in [2.45, 2.75) is 38.1 Å². The highest BCUT2D eigenvalue weighted by Crippen LogP contribution is 2.33. The third-order valence-electron chi connectivity index (χ3n) is 5.49. The molecular weight excluding hydrogens is 404 g/mol. The van der Waals surface area contributed by atoms with Gasteiger partial charge in [-0.25, -0.2) is 13.1 Å². The zero-order chi connectivity index (χ0) is 21.9. The molecule has 7 nitrogen and oxygen atoms in total. The highest BCUT2D eigenvalue weighted by molar-refractivity contribution is 7.89. The monoisotopic (exact) mass is 432 g/mol. The van der Waals surface area contributed by atoms with Gasteiger partial charge in [0.05, 0.1) is 19.1 Å². The number of nitrogens with one attached hydrogen (secondary N) is 1. The Labute approximate surface area is 178 Å². The first-order valence-corrected chi connectivity index (χ1v) is 11.3. The summed E-state index contributed by atoms with van der Waals surface area (Å²) in [7, 11) is -0.462. The maximum atomic E-state index is 12.6. The maximum Gasteiger partial charge on any atom is 0.240 e. The molecule has 3 rings (SSSR count). The normalized spacial score (nSPS) is 13.7. The smallest absolute Gasteiger partial charge is 0.240 e. The van der Waals surface area contributed by atoms with Gasteiger partial charge in [0.1, 0.15) is 0 Å². The fourth-order valence-electron chi connectivity index (χ4n) is 3.51. The molecule has 1 N–H and O–H groups in total. The van der Waals surface area contributed by atoms with E-state index in [9.17, 15) is 13.2 Å². The molecule has 2 aromatic carbocycles. The molecule has 0 fully saturated rings. The molecule has 1 aliphatic heterocycles. The first-order valence-electron chi connectivity index (χ1n) is 9.83. The van der Waals surface area contributed by atoms with Crippen LogP contribution in [0, 0.1) is 13.8 Å². The van der Waals surface area contributed by atoms with Crippen LogP contribution >= 0.6 is 0 Å². The Morgan fingerprint density at radius 3 is 2.33 bits per heavy atom. The first-order chi connectivity index (χ1) is 14.2. The summed E-state index contributed by atoms with van der Waals surface area (Å²) < 4.78 is 38.2. The molecule has 0 atom stereocenters. The quantitative estimate of drug-likeness (QED) is 0.727. The molecule has 0 saturated heterocycles. The van der Waals surface area contributed by atoms with Gasteiger partial charge in [-0.15, -0.1) is 0 Å². The number of hydrogen-bond donors (Lipinski definition) is 1. The van der Waals surface area contributed by atoms with Crippen molar-refractivity contribution in [1.82, 2.24) is 9.62 Å². The summed E-state index contributed by atoms with van der Waals surface area (Å²) in [6, 6.07) is 8.85. The van der Waals surface area contributed by atoms with Crippen LogP contribution in [0.1, 0.15) is 28.7 Å². The van der Waals surface area contributed by atoms with Crippen LogP contribution in [-0.4, -0.2) is 46.5 Å². The fraction of sp³-hybridized carbons (Fsp3) is 0.409. The predicted molar refractivity (Wildman–Crippen MR) is 114 cm³/mol. The van der Waals surface area contributed by atoms with Gasteiger partial charge in [-0.1, -0.05) is 6.07 Å². The highest BCUT2D eigenvalue weighted by Gasteiger charge is 2.23. The van der Waals surface area contributed by atoms with Crippen molar-refractivity contribution in [1.29, 1.82) is 0 Å². The number of fused-ring (bicyclic) bond motifs is 1. The van der Waals surface area contributed by atoms with E-state index in [4.69, 9.17) is 9.47 Å². The van der Waals surface area contributed by atoms with E-state index in [2.05, 4.69) is 4.72 Å². The summed E-state index contributed by atoms with van der Waals surface area (Å²) in [5, 5.41) is 0. The van der Waals surface area contributed by atoms with Crippen molar-refractivity contribution in [3.05, 3.63) is 52.6 Å². The van der Waals surface area contributed by atoms with Crippen LogP contribution in [0.4, 0.5) is 0 Å². The molecule has 0 unspecified atom stereocenters. The van der Waals surface area contributed by atoms with E-state index >= 15 is 0 Å². The summed E-state index contributed by atoms with van der Waals surface area (Å²) >= 11 is 0. The molecule has 0 radical (unpaired) electrons. The Balaban J connectivity index is 1.60. The number of methoxy groups -OCH3 is 2. The van der Waals surface area contributed by atoms with Crippen LogP contribution in [0.2, 0.25) is 0 Å². The molecule has 0 saturated carbocycles. The second-order valence-corrected chi connectivity index (χ2v) is 9.20. The summed E-state index contributed by atoms with van der Waals surface area (Å²) in [5.74, 6) is 1.22. The standard InChI is InChI=1S/C22H28N2O5S/c1-15-5-6-19(11-16(15)2)30(26,27)23-9-7-22(25)24-10-8-17-12-20(28-3)21(29-4)13-18(17)14-24/h5-6,11-13,23H,7-10,14H2,1-4H3. The Morgan fingerprint density at radius 2 is 1.70 bits per heavy atom. The van der Waals surface area contributed by atoms with Gasteiger partial charge in [0.15, 0.2) is 11.5 Å². The lowest BCUT2D eigenvalue weighted by Crippen LogP contribution is -2.38. The number of benzene rings is 2. The molecule has 30 heavy (non-hydrogen) atoms. The molecule has 0 bridgehead atoms. The topological polar surface area (TPSA) is 84.9 Å². The Morgan fingerprint density at radius 1 is 1.03 bits per heavy atom. The average Bonchev–Trinajstić information content (AvgIpc) is 2.73. The minimum Gasteiger partial charge on any atom is -0.493 e. The molecule has 0 spiro atoms. The lowest BCUT2D eigenvalue weighted by atomic mass is 9.98. The Hall–Kier alpha value is -2.58. The third-order valence-corrected chi connectivity index (χ3v) is 6.95. The van der Waals surface area contributed by atoms with Gasteiger partial charge in [-0.2, -0.15) is 0 Å². The molecule has 2 aromatic rings. The van der Waals surface area contributed by atoms with Gasteiger partial charge in [0.2, 0.25) is 15.9 Å². The summed E-state index contributed by atoms with van der Waals surface area (Å²) in [6.07, 6.45) is 0.822. The zero-order valence-corrected chi connectivity index (χ0v) is 18.6. The SMILES string of the molecule is COc1cc2c(cc1OC)CN(C(=O)CCNS(=O)(=O)c1ccc(C)c(C)c1)CC2. The van der Waals surface area contributed by atoms with E-state index in [-0.39, 0.29) is 23.8 Å². The van der Waals surface area contributed by atoms with Crippen molar-refractivity contribution < 1.29 is 22.7 Å². The number of amides is 1. The molecule has 162 valence electrons. The largest absolute Gasteiger partial charge is 0.493 e. The van der Waals surface area contributed by atoms with Crippen LogP contribution in [0.5, 0.6) is 11.5 Å². The van der Waals surface area contributed by atoms with E-state index in [0.29, 0.717) is 24.6 Å². The first kappa shape index (κ1) is 22.1. The zero-order valence-electron chi connectivity index (χ0n) is 17.8. The van der Waals surface area contributed by atoms with Crippen LogP contribution in [-0.2, 0) is 27.8 Å². The van der Waals surface area contributed by atoms with Crippen LogP contribution < -0.4 is 14.2 Å². The number of ether oxygens (including phenoxy) is 2. The van der Waals surface area contributed by atoms with E-state index in [1.807, 2.05) is 26.0 Å². The predicted octanol–water partition coefficient (Wildman–Crippen LogP) is 2.57. The van der Waals surface area contributed by atoms with E-state index in [1.165, 1.54) is 0 Å². The molecule has 0 aromatic heterocycles. The average molecular weight is 433 g/mol. The minimum absolute atomic E-state index is 0.0589. The number of sulfonamides is 1. The van der Waals surface area contributed by atoms with Gasteiger partial charge >= 0.3 is 0 Å². The van der Waals surface area contributed by atoms with Gasteiger partial charge < -0.3 is 14.4 Å². The Kier molecular flexibility index (Phi) is 6.67. The minimum atomic E-state index is -3.64. The van der Waals surface area contributed by atoms with Gasteiger partial charge in [0, 0.05) is 26.1 Å². The van der Waals surface area contributed by atoms with Crippen LogP contribution in [0.25, 0.3) is 0 Å². The van der Waals surface area contributed by atoms with Crippen molar-refractivity contribution in [3.63, 3.8) is 0 Å². The number of carbonyl (C=O) groups is 1. The number of rotatable bonds is 7. The van der Waals surface area contributed by atoms with E-state index in [1.54, 1.807) is 37.3 Å². The molecule has 1 aliphatic rings. The van der Waals surface area contributed by atoms with Crippen LogP contribution in [0.15, 0.2) is 35.2 Å². The van der Waals surface area contributed by atoms with Crippen molar-refractivity contribution in [2.24, 2.45) is 0 Å². The lowest BCUT2D eigenvalue weighted by molar-refractivity contribution is -0.131. The van der Waals surface area contributed by atoms with Crippen molar-refractivity contribution >= 4 is 15.9 Å². The van der Waals surface area contributed by atoms with Gasteiger partial charge in [-0.3, -0.25) is 4.79 Å². The Bertz CT molecular complexity index is 1050. The summed E-state index contributed by atoms with van der Waals surface area (Å²) in [6.45, 7) is 4.92. The molecular formula is C22H28N2O5S. The number of nitrogens with zero attached hydrogens (tertiary/aromatic N) is 1. The number of carbonyl (C=O) groups excluding carboxylic acids is 1. The van der Waals surface area contributed by atoms with Gasteiger partial charge in [-0.05, 0) is 66.8 Å². The number of aryl methyl sites for hydroxylation is 2. The van der Waals surface area contributed by atoms with E-state index < -0.39 is 10.0 Å². The van der Waals surface area contributed by atoms with Gasteiger partial charge in [0.25, 0.3) is 0 Å². The molecule has 8 heteroatoms. The second-order valence-electron chi connectivity index (χ2n) is 7.44. The maximum absolute atomic E-state index is 12.6. The highest BCUT2D eigenvalue weighted by atomic mass is 32.2. The van der Waals surface area contributed by atoms with Crippen molar-refractivity contribution in [3.8, 4) is 11.5 Å². The number of hydrogen-bond acceptors (Lipinski definition) is 5. The molecule has 1 amide bonds. The fourth-order valence-corrected chi connectivity index (χ4v) is 4.63. The molecule has 0 aliphatic carbocycles.